The first-order chi connectivity index (χ1) is 14.5. The number of aryl methyl sites for hydroxylation is 1. The second-order valence-corrected chi connectivity index (χ2v) is 7.91. The van der Waals surface area contributed by atoms with E-state index in [-0.39, 0.29) is 12.4 Å². The summed E-state index contributed by atoms with van der Waals surface area (Å²) in [5.41, 5.74) is 2.81. The van der Waals surface area contributed by atoms with Crippen LogP contribution in [0.15, 0.2) is 42.5 Å². The van der Waals surface area contributed by atoms with E-state index in [9.17, 15) is 9.50 Å². The molecule has 1 saturated heterocycles. The van der Waals surface area contributed by atoms with Crippen LogP contribution in [-0.2, 0) is 0 Å². The first kappa shape index (κ1) is 22.2. The van der Waals surface area contributed by atoms with Crippen LogP contribution in [0.3, 0.4) is 0 Å². The Hall–Kier alpha value is -2.46. The molecule has 0 spiro atoms. The summed E-state index contributed by atoms with van der Waals surface area (Å²) in [5.74, 6) is 0.0684. The van der Waals surface area contributed by atoms with Gasteiger partial charge in [0.2, 0.25) is 0 Å². The molecule has 6 heteroatoms. The lowest BCUT2D eigenvalue weighted by atomic mass is 10.0. The molecule has 160 valence electrons. The predicted octanol–water partition coefficient (Wildman–Crippen LogP) is 3.46. The van der Waals surface area contributed by atoms with Gasteiger partial charge in [-0.1, -0.05) is 29.8 Å². The van der Waals surface area contributed by atoms with Crippen LogP contribution in [-0.4, -0.2) is 66.9 Å². The zero-order valence-electron chi connectivity index (χ0n) is 17.6. The molecule has 1 fully saturated rings. The maximum absolute atomic E-state index is 14.1. The van der Waals surface area contributed by atoms with Gasteiger partial charge >= 0.3 is 0 Å². The summed E-state index contributed by atoms with van der Waals surface area (Å²) in [6.07, 6.45) is 0.869. The first-order valence-electron chi connectivity index (χ1n) is 10.5. The van der Waals surface area contributed by atoms with Crippen LogP contribution in [0.25, 0.3) is 11.1 Å². The Morgan fingerprint density at radius 2 is 1.87 bits per heavy atom. The van der Waals surface area contributed by atoms with Crippen molar-refractivity contribution in [2.45, 2.75) is 25.9 Å². The maximum atomic E-state index is 14.1. The Bertz CT molecular complexity index is 860. The van der Waals surface area contributed by atoms with Crippen LogP contribution in [0.1, 0.15) is 18.4 Å². The number of aliphatic hydroxyl groups is 1. The number of hydrogen-bond donors (Lipinski definition) is 1. The molecule has 0 aliphatic carbocycles. The van der Waals surface area contributed by atoms with E-state index in [1.807, 2.05) is 37.3 Å². The highest BCUT2D eigenvalue weighted by atomic mass is 19.1. The molecule has 2 aromatic rings. The van der Waals surface area contributed by atoms with Gasteiger partial charge in [0.1, 0.15) is 24.3 Å². The molecule has 0 bridgehead atoms. The van der Waals surface area contributed by atoms with Crippen molar-refractivity contribution in [1.29, 1.82) is 5.26 Å². The molecule has 30 heavy (non-hydrogen) atoms. The average molecular weight is 412 g/mol. The molecule has 2 aromatic carbocycles. The minimum atomic E-state index is -0.638. The highest BCUT2D eigenvalue weighted by Gasteiger charge is 2.19. The molecule has 1 aliphatic heterocycles. The predicted molar refractivity (Wildman–Crippen MR) is 116 cm³/mol. The summed E-state index contributed by atoms with van der Waals surface area (Å²) in [4.78, 5) is 4.58. The van der Waals surface area contributed by atoms with Gasteiger partial charge in [-0.25, -0.2) is 4.39 Å². The smallest absolute Gasteiger partial charge is 0.127 e. The Morgan fingerprint density at radius 1 is 1.10 bits per heavy atom. The number of piperazine rings is 1. The van der Waals surface area contributed by atoms with E-state index in [1.165, 1.54) is 12.1 Å². The lowest BCUT2D eigenvalue weighted by Gasteiger charge is -2.35. The van der Waals surface area contributed by atoms with Crippen molar-refractivity contribution in [2.24, 2.45) is 0 Å². The molecular weight excluding hydrogens is 381 g/mol. The van der Waals surface area contributed by atoms with E-state index in [2.05, 4.69) is 15.9 Å². The molecule has 1 aliphatic rings. The second-order valence-electron chi connectivity index (χ2n) is 7.91. The maximum Gasteiger partial charge on any atom is 0.127 e. The number of ether oxygens (including phenoxy) is 1. The molecule has 0 radical (unpaired) electrons. The second kappa shape index (κ2) is 11.1. The monoisotopic (exact) mass is 411 g/mol. The van der Waals surface area contributed by atoms with Crippen molar-refractivity contribution in [3.05, 3.63) is 53.8 Å². The van der Waals surface area contributed by atoms with Gasteiger partial charge in [0.05, 0.1) is 6.07 Å². The molecule has 3 rings (SSSR count). The summed E-state index contributed by atoms with van der Waals surface area (Å²) < 4.78 is 19.8. The van der Waals surface area contributed by atoms with Crippen molar-refractivity contribution in [1.82, 2.24) is 9.80 Å². The van der Waals surface area contributed by atoms with E-state index in [4.69, 9.17) is 10.00 Å². The number of hydrogen-bond acceptors (Lipinski definition) is 5. The van der Waals surface area contributed by atoms with Gasteiger partial charge < -0.3 is 14.7 Å². The molecule has 0 aromatic heterocycles. The Balaban J connectivity index is 1.47. The van der Waals surface area contributed by atoms with Gasteiger partial charge in [0.15, 0.2) is 0 Å². The van der Waals surface area contributed by atoms with E-state index < -0.39 is 6.10 Å². The number of aliphatic hydroxyl groups excluding tert-OH is 1. The number of nitrogens with zero attached hydrogens (tertiary/aromatic N) is 3. The Kier molecular flexibility index (Phi) is 8.21. The normalized spacial score (nSPS) is 16.2. The van der Waals surface area contributed by atoms with Crippen molar-refractivity contribution < 1.29 is 14.2 Å². The van der Waals surface area contributed by atoms with Gasteiger partial charge in [-0.15, -0.1) is 0 Å². The summed E-state index contributed by atoms with van der Waals surface area (Å²) in [5, 5.41) is 19.0. The standard InChI is InChI=1S/C24H30FN3O2/c1-19-5-4-6-20(13-19)21-14-22(25)16-24(15-21)30-18-23(29)17-28-11-9-27(10-12-28)8-3-2-7-26/h4-6,13-16,23,29H,2-3,8-12,17-18H2,1H3. The van der Waals surface area contributed by atoms with Gasteiger partial charge in [0, 0.05) is 45.2 Å². The minimum absolute atomic E-state index is 0.124. The largest absolute Gasteiger partial charge is 0.491 e. The number of benzene rings is 2. The molecule has 5 nitrogen and oxygen atoms in total. The van der Waals surface area contributed by atoms with Crippen molar-refractivity contribution in [3.63, 3.8) is 0 Å². The SMILES string of the molecule is Cc1cccc(-c2cc(F)cc(OCC(O)CN3CCN(CCCC#N)CC3)c2)c1. The third kappa shape index (κ3) is 6.81. The van der Waals surface area contributed by atoms with Crippen LogP contribution in [0, 0.1) is 24.1 Å². The van der Waals surface area contributed by atoms with Crippen molar-refractivity contribution >= 4 is 0 Å². The quantitative estimate of drug-likeness (QED) is 0.641. The van der Waals surface area contributed by atoms with Crippen LogP contribution in [0.2, 0.25) is 0 Å². The van der Waals surface area contributed by atoms with Crippen LogP contribution < -0.4 is 4.74 Å². The summed E-state index contributed by atoms with van der Waals surface area (Å²) in [7, 11) is 0. The van der Waals surface area contributed by atoms with Crippen molar-refractivity contribution in [2.75, 3.05) is 45.9 Å². The summed E-state index contributed by atoms with van der Waals surface area (Å²) in [6, 6.07) is 14.7. The number of unbranched alkanes of at least 4 members (excludes halogenated alkanes) is 1. The topological polar surface area (TPSA) is 59.7 Å². The van der Waals surface area contributed by atoms with E-state index >= 15 is 0 Å². The van der Waals surface area contributed by atoms with E-state index in [1.54, 1.807) is 0 Å². The number of β-amino-alcohol motifs (C(OH)–C–C–N with tert-alkyl or cyclic N) is 1. The lowest BCUT2D eigenvalue weighted by molar-refractivity contribution is 0.0459. The molecule has 1 N–H and O–H groups in total. The molecular formula is C24H30FN3O2. The third-order valence-corrected chi connectivity index (χ3v) is 5.36. The molecule has 1 unspecified atom stereocenters. The molecule has 1 heterocycles. The molecule has 1 atom stereocenters. The van der Waals surface area contributed by atoms with E-state index in [0.29, 0.717) is 18.7 Å². The number of halogens is 1. The van der Waals surface area contributed by atoms with Crippen molar-refractivity contribution in [3.8, 4) is 22.9 Å². The minimum Gasteiger partial charge on any atom is -0.491 e. The fourth-order valence-corrected chi connectivity index (χ4v) is 3.76. The lowest BCUT2D eigenvalue weighted by Crippen LogP contribution is -2.49. The Labute approximate surface area is 178 Å². The highest BCUT2D eigenvalue weighted by molar-refractivity contribution is 5.65. The van der Waals surface area contributed by atoms with Gasteiger partial charge in [0.25, 0.3) is 0 Å². The Morgan fingerprint density at radius 3 is 2.60 bits per heavy atom. The third-order valence-electron chi connectivity index (χ3n) is 5.36. The fraction of sp³-hybridized carbons (Fsp3) is 0.458. The average Bonchev–Trinajstić information content (AvgIpc) is 2.73. The summed E-state index contributed by atoms with van der Waals surface area (Å²) in [6.45, 7) is 7.29. The van der Waals surface area contributed by atoms with Gasteiger partial charge in [-0.05, 0) is 43.1 Å². The fourth-order valence-electron chi connectivity index (χ4n) is 3.76. The molecule has 0 saturated carbocycles. The van der Waals surface area contributed by atoms with Gasteiger partial charge in [-0.3, -0.25) is 4.90 Å². The zero-order valence-corrected chi connectivity index (χ0v) is 17.6. The van der Waals surface area contributed by atoms with Crippen LogP contribution >= 0.6 is 0 Å². The van der Waals surface area contributed by atoms with Crippen LogP contribution in [0.4, 0.5) is 4.39 Å². The van der Waals surface area contributed by atoms with E-state index in [0.717, 1.165) is 55.8 Å². The zero-order chi connectivity index (χ0) is 21.3. The first-order valence-corrected chi connectivity index (χ1v) is 10.5. The number of nitriles is 1. The summed E-state index contributed by atoms with van der Waals surface area (Å²) >= 11 is 0. The highest BCUT2D eigenvalue weighted by Crippen LogP contribution is 2.26. The number of rotatable bonds is 9. The van der Waals surface area contributed by atoms with Crippen LogP contribution in [0.5, 0.6) is 5.75 Å². The molecule has 0 amide bonds. The van der Waals surface area contributed by atoms with Gasteiger partial charge in [-0.2, -0.15) is 5.26 Å².